The maximum absolute atomic E-state index is 9.62. The third-order valence-electron chi connectivity index (χ3n) is 1.79. The number of aliphatic hydroxyl groups excluding tert-OH is 1. The molecule has 3 nitrogen and oxygen atoms in total. The molecule has 3 heteroatoms. The van der Waals surface area contributed by atoms with Crippen molar-refractivity contribution in [3.63, 3.8) is 0 Å². The van der Waals surface area contributed by atoms with E-state index in [9.17, 15) is 5.11 Å². The van der Waals surface area contributed by atoms with Gasteiger partial charge in [-0.25, -0.2) is 0 Å². The molecular formula is C10H16N2O. The molecule has 0 radical (unpaired) electrons. The lowest BCUT2D eigenvalue weighted by Gasteiger charge is -2.09. The Kier molecular flexibility index (Phi) is 4.43. The minimum atomic E-state index is -0.493. The normalized spacial score (nSPS) is 12.8. The highest BCUT2D eigenvalue weighted by Gasteiger charge is 2.06. The highest BCUT2D eigenvalue weighted by atomic mass is 16.3. The fourth-order valence-corrected chi connectivity index (χ4v) is 1.09. The molecule has 72 valence electrons. The summed E-state index contributed by atoms with van der Waals surface area (Å²) in [7, 11) is 0. The molecule has 0 bridgehead atoms. The number of aromatic nitrogens is 1. The van der Waals surface area contributed by atoms with Crippen LogP contribution in [0.2, 0.25) is 0 Å². The van der Waals surface area contributed by atoms with E-state index in [1.165, 1.54) is 0 Å². The van der Waals surface area contributed by atoms with Crippen molar-refractivity contribution in [3.8, 4) is 0 Å². The van der Waals surface area contributed by atoms with Gasteiger partial charge in [0, 0.05) is 12.7 Å². The van der Waals surface area contributed by atoms with Crippen LogP contribution in [-0.2, 0) is 0 Å². The summed E-state index contributed by atoms with van der Waals surface area (Å²) in [6.45, 7) is 3.61. The van der Waals surface area contributed by atoms with E-state index in [4.69, 9.17) is 0 Å². The first-order valence-electron chi connectivity index (χ1n) is 4.64. The Bertz CT molecular complexity index is 226. The molecule has 1 rings (SSSR count). The first-order valence-corrected chi connectivity index (χ1v) is 4.64. The summed E-state index contributed by atoms with van der Waals surface area (Å²) >= 11 is 0. The second-order valence-electron chi connectivity index (χ2n) is 2.97. The number of nitrogens with zero attached hydrogens (tertiary/aromatic N) is 1. The van der Waals surface area contributed by atoms with E-state index in [0.29, 0.717) is 6.54 Å². The molecule has 0 saturated carbocycles. The molecule has 1 aromatic rings. The Morgan fingerprint density at radius 3 is 3.00 bits per heavy atom. The van der Waals surface area contributed by atoms with Gasteiger partial charge in [0.15, 0.2) is 0 Å². The molecule has 1 atom stereocenters. The zero-order valence-electron chi connectivity index (χ0n) is 7.90. The van der Waals surface area contributed by atoms with Crippen LogP contribution in [0.3, 0.4) is 0 Å². The van der Waals surface area contributed by atoms with Crippen molar-refractivity contribution in [2.24, 2.45) is 0 Å². The molecule has 1 aromatic heterocycles. The third-order valence-corrected chi connectivity index (χ3v) is 1.79. The van der Waals surface area contributed by atoms with E-state index >= 15 is 0 Å². The Morgan fingerprint density at radius 1 is 1.54 bits per heavy atom. The van der Waals surface area contributed by atoms with E-state index in [0.717, 1.165) is 18.7 Å². The number of aliphatic hydroxyl groups is 1. The van der Waals surface area contributed by atoms with Crippen LogP contribution in [0.25, 0.3) is 0 Å². The fourth-order valence-electron chi connectivity index (χ4n) is 1.09. The smallest absolute Gasteiger partial charge is 0.108 e. The lowest BCUT2D eigenvalue weighted by molar-refractivity contribution is 0.170. The summed E-state index contributed by atoms with van der Waals surface area (Å²) in [6.07, 6.45) is 2.28. The van der Waals surface area contributed by atoms with Crippen molar-refractivity contribution in [1.29, 1.82) is 0 Å². The molecule has 1 heterocycles. The largest absolute Gasteiger partial charge is 0.385 e. The van der Waals surface area contributed by atoms with Crippen LogP contribution in [0.5, 0.6) is 0 Å². The van der Waals surface area contributed by atoms with Gasteiger partial charge < -0.3 is 10.4 Å². The van der Waals surface area contributed by atoms with Crippen molar-refractivity contribution in [2.75, 3.05) is 13.1 Å². The van der Waals surface area contributed by atoms with Crippen LogP contribution >= 0.6 is 0 Å². The van der Waals surface area contributed by atoms with Crippen LogP contribution in [0.1, 0.15) is 25.1 Å². The lowest BCUT2D eigenvalue weighted by atomic mass is 10.2. The van der Waals surface area contributed by atoms with Crippen molar-refractivity contribution in [1.82, 2.24) is 10.3 Å². The summed E-state index contributed by atoms with van der Waals surface area (Å²) in [6, 6.07) is 5.55. The predicted molar refractivity (Wildman–Crippen MR) is 52.4 cm³/mol. The summed E-state index contributed by atoms with van der Waals surface area (Å²) in [4.78, 5) is 4.07. The maximum atomic E-state index is 9.62. The highest BCUT2D eigenvalue weighted by Crippen LogP contribution is 2.06. The molecule has 0 fully saturated rings. The van der Waals surface area contributed by atoms with Crippen molar-refractivity contribution < 1.29 is 5.11 Å². The van der Waals surface area contributed by atoms with Gasteiger partial charge in [0.25, 0.3) is 0 Å². The second kappa shape index (κ2) is 5.67. The molecule has 0 aliphatic carbocycles. The minimum absolute atomic E-state index is 0.493. The summed E-state index contributed by atoms with van der Waals surface area (Å²) < 4.78 is 0. The average molecular weight is 180 g/mol. The van der Waals surface area contributed by atoms with Crippen LogP contribution in [0.15, 0.2) is 24.4 Å². The lowest BCUT2D eigenvalue weighted by Crippen LogP contribution is -2.22. The van der Waals surface area contributed by atoms with E-state index < -0.39 is 6.10 Å². The topological polar surface area (TPSA) is 45.1 Å². The molecular weight excluding hydrogens is 164 g/mol. The zero-order chi connectivity index (χ0) is 9.52. The number of nitrogens with one attached hydrogen (secondary N) is 1. The predicted octanol–water partition coefficient (Wildman–Crippen LogP) is 1.11. The van der Waals surface area contributed by atoms with E-state index in [1.54, 1.807) is 6.20 Å². The molecule has 0 amide bonds. The van der Waals surface area contributed by atoms with Gasteiger partial charge >= 0.3 is 0 Å². The van der Waals surface area contributed by atoms with Gasteiger partial charge in [-0.2, -0.15) is 0 Å². The Hall–Kier alpha value is -0.930. The van der Waals surface area contributed by atoms with Gasteiger partial charge in [0.2, 0.25) is 0 Å². The number of hydrogen-bond acceptors (Lipinski definition) is 3. The van der Waals surface area contributed by atoms with E-state index in [2.05, 4.69) is 17.2 Å². The third kappa shape index (κ3) is 3.53. The molecule has 0 saturated heterocycles. The van der Waals surface area contributed by atoms with Crippen LogP contribution in [-0.4, -0.2) is 23.2 Å². The molecule has 13 heavy (non-hydrogen) atoms. The fraction of sp³-hybridized carbons (Fsp3) is 0.500. The van der Waals surface area contributed by atoms with Crippen molar-refractivity contribution >= 4 is 0 Å². The number of pyridine rings is 1. The standard InChI is InChI=1S/C10H16N2O/c1-2-6-11-8-10(13)9-5-3-4-7-12-9/h3-5,7,10-11,13H,2,6,8H2,1H3. The zero-order valence-corrected chi connectivity index (χ0v) is 7.90. The highest BCUT2D eigenvalue weighted by molar-refractivity contribution is 5.06. The van der Waals surface area contributed by atoms with Gasteiger partial charge in [0.05, 0.1) is 5.69 Å². The van der Waals surface area contributed by atoms with Gasteiger partial charge in [-0.05, 0) is 25.1 Å². The van der Waals surface area contributed by atoms with Crippen LogP contribution in [0, 0.1) is 0 Å². The summed E-state index contributed by atoms with van der Waals surface area (Å²) in [5.41, 5.74) is 0.728. The Morgan fingerprint density at radius 2 is 2.38 bits per heavy atom. The maximum Gasteiger partial charge on any atom is 0.108 e. The molecule has 2 N–H and O–H groups in total. The van der Waals surface area contributed by atoms with Gasteiger partial charge in [-0.1, -0.05) is 13.0 Å². The Balaban J connectivity index is 2.35. The first kappa shape index (κ1) is 10.2. The summed E-state index contributed by atoms with van der Waals surface area (Å²) in [5, 5.41) is 12.8. The number of rotatable bonds is 5. The van der Waals surface area contributed by atoms with Crippen LogP contribution < -0.4 is 5.32 Å². The minimum Gasteiger partial charge on any atom is -0.385 e. The Labute approximate surface area is 78.8 Å². The van der Waals surface area contributed by atoms with Crippen molar-refractivity contribution in [2.45, 2.75) is 19.4 Å². The molecule has 0 aliphatic heterocycles. The van der Waals surface area contributed by atoms with Crippen LogP contribution in [0.4, 0.5) is 0 Å². The molecule has 0 spiro atoms. The SMILES string of the molecule is CCCNCC(O)c1ccccn1. The molecule has 1 unspecified atom stereocenters. The average Bonchev–Trinajstić information content (AvgIpc) is 2.19. The summed E-state index contributed by atoms with van der Waals surface area (Å²) in [5.74, 6) is 0. The number of hydrogen-bond donors (Lipinski definition) is 2. The van der Waals surface area contributed by atoms with Gasteiger partial charge in [0.1, 0.15) is 6.10 Å². The molecule has 0 aromatic carbocycles. The van der Waals surface area contributed by atoms with E-state index in [-0.39, 0.29) is 0 Å². The van der Waals surface area contributed by atoms with Gasteiger partial charge in [-0.15, -0.1) is 0 Å². The molecule has 0 aliphatic rings. The first-order chi connectivity index (χ1) is 6.34. The van der Waals surface area contributed by atoms with Crippen molar-refractivity contribution in [3.05, 3.63) is 30.1 Å². The van der Waals surface area contributed by atoms with E-state index in [1.807, 2.05) is 18.2 Å². The quantitative estimate of drug-likeness (QED) is 0.667. The monoisotopic (exact) mass is 180 g/mol. The van der Waals surface area contributed by atoms with Gasteiger partial charge in [-0.3, -0.25) is 4.98 Å². The second-order valence-corrected chi connectivity index (χ2v) is 2.97.